The fourth-order valence-electron chi connectivity index (χ4n) is 4.11. The van der Waals surface area contributed by atoms with E-state index in [-0.39, 0.29) is 49.6 Å². The van der Waals surface area contributed by atoms with E-state index in [9.17, 15) is 19.5 Å². The Kier molecular flexibility index (Phi) is 8.77. The second-order valence-electron chi connectivity index (χ2n) is 9.13. The number of hydrogen-bond acceptors (Lipinski definition) is 8. The second kappa shape index (κ2) is 10.7. The van der Waals surface area contributed by atoms with Crippen molar-refractivity contribution in [3.8, 4) is 0 Å². The summed E-state index contributed by atoms with van der Waals surface area (Å²) in [5.41, 5.74) is -1.07. The van der Waals surface area contributed by atoms with Gasteiger partial charge < -0.3 is 24.1 Å². The Morgan fingerprint density at radius 3 is 2.32 bits per heavy atom. The smallest absolute Gasteiger partial charge is 0.309 e. The highest BCUT2D eigenvalue weighted by Crippen LogP contribution is 2.51. The van der Waals surface area contributed by atoms with Crippen molar-refractivity contribution in [3.63, 3.8) is 0 Å². The minimum Gasteiger partial charge on any atom is -0.462 e. The standard InChI is InChI=1S/C22H33ClO8/c1-12(2)6-18(25)28-9-15-10-29-21(31-19(26)7-13(3)4)20-16(15)8-17(30-14(5)24)22(20,27)11-23/h10,12-13,16-17,20-21,27H,6-9,11H2,1-5H3/t16-,17?,20-,21?,22-/m1/s1. The number of fused-ring (bicyclic) bond motifs is 1. The zero-order chi connectivity index (χ0) is 23.3. The molecule has 1 heterocycles. The third-order valence-electron chi connectivity index (χ3n) is 5.48. The van der Waals surface area contributed by atoms with Crippen LogP contribution in [0.4, 0.5) is 0 Å². The van der Waals surface area contributed by atoms with Crippen molar-refractivity contribution in [2.45, 2.75) is 71.9 Å². The van der Waals surface area contributed by atoms with Crippen LogP contribution in [0, 0.1) is 23.7 Å². The van der Waals surface area contributed by atoms with Crippen molar-refractivity contribution >= 4 is 29.5 Å². The summed E-state index contributed by atoms with van der Waals surface area (Å²) in [7, 11) is 0. The number of esters is 3. The Bertz CT molecular complexity index is 704. The van der Waals surface area contributed by atoms with Crippen molar-refractivity contribution in [1.29, 1.82) is 0 Å². The summed E-state index contributed by atoms with van der Waals surface area (Å²) in [6.07, 6.45) is 0.0907. The molecular formula is C22H33ClO8. The summed E-state index contributed by atoms with van der Waals surface area (Å²) < 4.78 is 21.9. The van der Waals surface area contributed by atoms with E-state index in [1.165, 1.54) is 13.2 Å². The lowest BCUT2D eigenvalue weighted by Crippen LogP contribution is -2.53. The van der Waals surface area contributed by atoms with Crippen LogP contribution in [0.15, 0.2) is 11.8 Å². The van der Waals surface area contributed by atoms with Crippen molar-refractivity contribution in [2.75, 3.05) is 12.5 Å². The molecule has 1 aliphatic heterocycles. The van der Waals surface area contributed by atoms with E-state index >= 15 is 0 Å². The first-order valence-electron chi connectivity index (χ1n) is 10.6. The van der Waals surface area contributed by atoms with Gasteiger partial charge in [0.05, 0.1) is 18.1 Å². The molecule has 9 heteroatoms. The van der Waals surface area contributed by atoms with Crippen LogP contribution in [0.5, 0.6) is 0 Å². The Hall–Kier alpha value is -1.80. The molecule has 0 spiro atoms. The summed E-state index contributed by atoms with van der Waals surface area (Å²) in [5, 5.41) is 11.4. The minimum atomic E-state index is -1.68. The Balaban J connectivity index is 2.27. The van der Waals surface area contributed by atoms with Crippen LogP contribution in [0.2, 0.25) is 0 Å². The maximum atomic E-state index is 12.3. The number of hydrogen-bond donors (Lipinski definition) is 1. The van der Waals surface area contributed by atoms with Gasteiger partial charge in [-0.25, -0.2) is 0 Å². The lowest BCUT2D eigenvalue weighted by Gasteiger charge is -2.40. The SMILES string of the molecule is CC(=O)OC1C[C@@H]2C(COC(=O)CC(C)C)=COC(OC(=O)CC(C)C)[C@@H]2[C@@]1(O)CCl. The van der Waals surface area contributed by atoms with Crippen molar-refractivity contribution in [2.24, 2.45) is 23.7 Å². The number of alkyl halides is 1. The second-order valence-corrected chi connectivity index (χ2v) is 9.40. The van der Waals surface area contributed by atoms with Crippen molar-refractivity contribution in [3.05, 3.63) is 11.8 Å². The van der Waals surface area contributed by atoms with E-state index in [2.05, 4.69) is 0 Å². The fraction of sp³-hybridized carbons (Fsp3) is 0.773. The zero-order valence-corrected chi connectivity index (χ0v) is 19.5. The molecule has 0 aromatic rings. The highest BCUT2D eigenvalue weighted by Gasteiger charge is 2.62. The fourth-order valence-corrected chi connectivity index (χ4v) is 4.46. The largest absolute Gasteiger partial charge is 0.462 e. The van der Waals surface area contributed by atoms with E-state index in [4.69, 9.17) is 30.5 Å². The third-order valence-corrected chi connectivity index (χ3v) is 5.91. The number of aliphatic hydroxyl groups is 1. The highest BCUT2D eigenvalue weighted by molar-refractivity contribution is 6.18. The minimum absolute atomic E-state index is 0.0372. The molecule has 8 nitrogen and oxygen atoms in total. The van der Waals surface area contributed by atoms with Crippen LogP contribution in [-0.2, 0) is 33.3 Å². The van der Waals surface area contributed by atoms with Gasteiger partial charge >= 0.3 is 17.9 Å². The first-order valence-corrected chi connectivity index (χ1v) is 11.2. The first kappa shape index (κ1) is 25.5. The molecule has 31 heavy (non-hydrogen) atoms. The summed E-state index contributed by atoms with van der Waals surface area (Å²) in [6.45, 7) is 8.81. The average molecular weight is 461 g/mol. The molecule has 0 bridgehead atoms. The van der Waals surface area contributed by atoms with Gasteiger partial charge in [0.1, 0.15) is 18.3 Å². The predicted octanol–water partition coefficient (Wildman–Crippen LogP) is 2.94. The summed E-state index contributed by atoms with van der Waals surface area (Å²) >= 11 is 6.12. The lowest BCUT2D eigenvalue weighted by molar-refractivity contribution is -0.211. The zero-order valence-electron chi connectivity index (χ0n) is 18.8. The van der Waals surface area contributed by atoms with Gasteiger partial charge in [0, 0.05) is 31.3 Å². The average Bonchev–Trinajstić information content (AvgIpc) is 2.93. The van der Waals surface area contributed by atoms with Crippen molar-refractivity contribution < 1.29 is 38.4 Å². The molecular weight excluding hydrogens is 428 g/mol. The molecule has 0 aromatic carbocycles. The predicted molar refractivity (Wildman–Crippen MR) is 112 cm³/mol. The van der Waals surface area contributed by atoms with E-state index in [1.807, 2.05) is 27.7 Å². The molecule has 0 amide bonds. The van der Waals surface area contributed by atoms with E-state index in [0.717, 1.165) is 0 Å². The Labute approximate surface area is 188 Å². The van der Waals surface area contributed by atoms with Crippen LogP contribution in [0.25, 0.3) is 0 Å². The highest BCUT2D eigenvalue weighted by atomic mass is 35.5. The summed E-state index contributed by atoms with van der Waals surface area (Å²) in [4.78, 5) is 35.9. The van der Waals surface area contributed by atoms with Crippen molar-refractivity contribution in [1.82, 2.24) is 0 Å². The molecule has 1 aliphatic carbocycles. The molecule has 2 rings (SSSR count). The molecule has 0 saturated heterocycles. The van der Waals surface area contributed by atoms with E-state index in [1.54, 1.807) is 0 Å². The molecule has 0 radical (unpaired) electrons. The monoisotopic (exact) mass is 460 g/mol. The molecule has 2 unspecified atom stereocenters. The maximum absolute atomic E-state index is 12.3. The summed E-state index contributed by atoms with van der Waals surface area (Å²) in [5.74, 6) is -2.58. The molecule has 176 valence electrons. The van der Waals surface area contributed by atoms with Gasteiger partial charge in [0.15, 0.2) is 0 Å². The van der Waals surface area contributed by atoms with Gasteiger partial charge in [-0.15, -0.1) is 11.6 Å². The molecule has 5 atom stereocenters. The lowest BCUT2D eigenvalue weighted by atomic mass is 9.81. The van der Waals surface area contributed by atoms with Gasteiger partial charge in [0.25, 0.3) is 0 Å². The van der Waals surface area contributed by atoms with Crippen LogP contribution in [0.1, 0.15) is 53.9 Å². The molecule has 1 N–H and O–H groups in total. The van der Waals surface area contributed by atoms with Crippen LogP contribution in [0.3, 0.4) is 0 Å². The molecule has 1 saturated carbocycles. The number of halogens is 1. The van der Waals surface area contributed by atoms with Gasteiger partial charge in [-0.1, -0.05) is 27.7 Å². The van der Waals surface area contributed by atoms with E-state index < -0.39 is 41.8 Å². The number of ether oxygens (including phenoxy) is 4. The number of rotatable bonds is 9. The van der Waals surface area contributed by atoms with E-state index in [0.29, 0.717) is 5.57 Å². The molecule has 2 aliphatic rings. The van der Waals surface area contributed by atoms with Crippen LogP contribution < -0.4 is 0 Å². The maximum Gasteiger partial charge on any atom is 0.309 e. The number of carbonyl (C=O) groups is 3. The van der Waals surface area contributed by atoms with Gasteiger partial charge in [-0.05, 0) is 18.3 Å². The normalized spacial score (nSPS) is 29.8. The Morgan fingerprint density at radius 1 is 1.16 bits per heavy atom. The third kappa shape index (κ3) is 6.35. The topological polar surface area (TPSA) is 108 Å². The Morgan fingerprint density at radius 2 is 1.77 bits per heavy atom. The number of carbonyl (C=O) groups excluding carboxylic acids is 3. The van der Waals surface area contributed by atoms with Crippen LogP contribution in [-0.4, -0.2) is 53.5 Å². The van der Waals surface area contributed by atoms with Gasteiger partial charge in [-0.2, -0.15) is 0 Å². The van der Waals surface area contributed by atoms with Gasteiger partial charge in [-0.3, -0.25) is 14.4 Å². The first-order chi connectivity index (χ1) is 14.5. The van der Waals surface area contributed by atoms with Crippen LogP contribution >= 0.6 is 11.6 Å². The molecule has 1 fully saturated rings. The van der Waals surface area contributed by atoms with Gasteiger partial charge in [0.2, 0.25) is 6.29 Å². The molecule has 0 aromatic heterocycles. The summed E-state index contributed by atoms with van der Waals surface area (Å²) in [6, 6.07) is 0. The quantitative estimate of drug-likeness (QED) is 0.318.